The highest BCUT2D eigenvalue weighted by Gasteiger charge is 2.11. The molecule has 0 bridgehead atoms. The molecule has 0 radical (unpaired) electrons. The highest BCUT2D eigenvalue weighted by atomic mass is 15.3. The Morgan fingerprint density at radius 1 is 1.44 bits per heavy atom. The number of anilines is 1. The lowest BCUT2D eigenvalue weighted by Gasteiger charge is -2.28. The van der Waals surface area contributed by atoms with Crippen LogP contribution in [0.4, 0.5) is 5.95 Å². The number of likely N-dealkylation sites (N-methyl/N-ethyl adjacent to an activating group) is 1. The lowest BCUT2D eigenvalue weighted by atomic mass is 10.3. The van der Waals surface area contributed by atoms with E-state index < -0.39 is 0 Å². The minimum atomic E-state index is 0.965. The number of aromatic nitrogens is 2. The molecule has 1 saturated heterocycles. The summed E-state index contributed by atoms with van der Waals surface area (Å²) in [6.07, 6.45) is 1.87. The van der Waals surface area contributed by atoms with Gasteiger partial charge in [0.15, 0.2) is 0 Å². The van der Waals surface area contributed by atoms with E-state index in [2.05, 4.69) is 32.1 Å². The van der Waals surface area contributed by atoms with E-state index in [1.807, 2.05) is 13.1 Å². The van der Waals surface area contributed by atoms with Crippen LogP contribution in [0.3, 0.4) is 0 Å². The quantitative estimate of drug-likeness (QED) is 0.758. The summed E-state index contributed by atoms with van der Waals surface area (Å²) in [6, 6.07) is 0. The molecule has 5 heteroatoms. The maximum absolute atomic E-state index is 4.32. The summed E-state index contributed by atoms with van der Waals surface area (Å²) in [4.78, 5) is 12.2. The average molecular weight is 223 g/mol. The predicted molar refractivity (Wildman–Crippen MR) is 65.9 cm³/mol. The molecule has 1 aliphatic heterocycles. The van der Waals surface area contributed by atoms with Crippen LogP contribution >= 0.6 is 0 Å². The molecule has 0 saturated carbocycles. The number of rotatable bonds is 4. The van der Waals surface area contributed by atoms with E-state index in [-0.39, 0.29) is 0 Å². The van der Waals surface area contributed by atoms with E-state index >= 15 is 0 Å². The van der Waals surface area contributed by atoms with Crippen molar-refractivity contribution in [1.29, 1.82) is 0 Å². The molecule has 0 atom stereocenters. The highest BCUT2D eigenvalue weighted by molar-refractivity contribution is 5.29. The third kappa shape index (κ3) is 2.96. The van der Waals surface area contributed by atoms with E-state index in [0.29, 0.717) is 0 Å². The van der Waals surface area contributed by atoms with Crippen molar-refractivity contribution >= 4 is 5.95 Å². The van der Waals surface area contributed by atoms with Gasteiger partial charge < -0.3 is 15.2 Å². The second kappa shape index (κ2) is 5.32. The minimum absolute atomic E-state index is 0.965. The van der Waals surface area contributed by atoms with E-state index in [9.17, 15) is 0 Å². The molecule has 2 heterocycles. The number of aryl methyl sites for hydroxylation is 1. The topological polar surface area (TPSA) is 47.2 Å². The number of hydrogen-bond donors (Lipinski definition) is 2. The van der Waals surface area contributed by atoms with Crippen LogP contribution in [-0.4, -0.2) is 61.2 Å². The molecule has 0 aliphatic carbocycles. The van der Waals surface area contributed by atoms with Gasteiger partial charge in [-0.05, 0) is 6.92 Å². The molecule has 1 aromatic heterocycles. The van der Waals surface area contributed by atoms with Crippen LogP contribution in [0.25, 0.3) is 0 Å². The lowest BCUT2D eigenvalue weighted by Crippen LogP contribution is -2.46. The molecular weight excluding hydrogens is 202 g/mol. The number of nitrogens with one attached hydrogen (secondary N) is 2. The molecule has 0 spiro atoms. The third-order valence-electron chi connectivity index (χ3n) is 3.01. The van der Waals surface area contributed by atoms with Crippen LogP contribution in [0.2, 0.25) is 0 Å². The molecule has 0 unspecified atom stereocenters. The number of aromatic amines is 1. The van der Waals surface area contributed by atoms with Gasteiger partial charge in [0.05, 0.1) is 0 Å². The summed E-state index contributed by atoms with van der Waals surface area (Å²) in [6.45, 7) is 8.70. The molecule has 1 aliphatic rings. The Hall–Kier alpha value is -1.07. The first-order valence-electron chi connectivity index (χ1n) is 5.91. The zero-order valence-corrected chi connectivity index (χ0v) is 10.2. The summed E-state index contributed by atoms with van der Waals surface area (Å²) in [5.74, 6) is 0.965. The molecule has 0 amide bonds. The van der Waals surface area contributed by atoms with Crippen LogP contribution in [0.15, 0.2) is 6.20 Å². The Labute approximate surface area is 96.8 Å². The molecule has 1 fully saturated rings. The summed E-state index contributed by atoms with van der Waals surface area (Å²) in [5.41, 5.74) is 1.11. The monoisotopic (exact) mass is 223 g/mol. The van der Waals surface area contributed by atoms with Gasteiger partial charge in [-0.1, -0.05) is 0 Å². The zero-order valence-electron chi connectivity index (χ0n) is 10.2. The highest BCUT2D eigenvalue weighted by Crippen LogP contribution is 2.06. The number of piperazine rings is 1. The van der Waals surface area contributed by atoms with Crippen LogP contribution in [0, 0.1) is 6.92 Å². The second-order valence-corrected chi connectivity index (χ2v) is 4.40. The van der Waals surface area contributed by atoms with E-state index in [0.717, 1.165) is 50.9 Å². The van der Waals surface area contributed by atoms with E-state index in [1.54, 1.807) is 0 Å². The van der Waals surface area contributed by atoms with Crippen molar-refractivity contribution in [3.63, 3.8) is 0 Å². The number of H-pyrrole nitrogens is 1. The van der Waals surface area contributed by atoms with Crippen molar-refractivity contribution < 1.29 is 0 Å². The van der Waals surface area contributed by atoms with Crippen molar-refractivity contribution in [2.75, 3.05) is 51.2 Å². The number of imidazole rings is 1. The van der Waals surface area contributed by atoms with Crippen LogP contribution in [-0.2, 0) is 0 Å². The molecule has 0 aromatic carbocycles. The first-order chi connectivity index (χ1) is 7.75. The predicted octanol–water partition coefficient (Wildman–Crippen LogP) is 0.0595. The van der Waals surface area contributed by atoms with Gasteiger partial charge in [0, 0.05) is 58.2 Å². The van der Waals surface area contributed by atoms with Gasteiger partial charge >= 0.3 is 0 Å². The first-order valence-corrected chi connectivity index (χ1v) is 5.91. The van der Waals surface area contributed by atoms with Crippen molar-refractivity contribution in [2.24, 2.45) is 0 Å². The smallest absolute Gasteiger partial charge is 0.202 e. The maximum Gasteiger partial charge on any atom is 0.202 e. The van der Waals surface area contributed by atoms with Crippen molar-refractivity contribution in [3.05, 3.63) is 11.9 Å². The summed E-state index contributed by atoms with van der Waals surface area (Å²) >= 11 is 0. The largest absolute Gasteiger partial charge is 0.344 e. The first kappa shape index (κ1) is 11.4. The Morgan fingerprint density at radius 2 is 2.19 bits per heavy atom. The van der Waals surface area contributed by atoms with Crippen LogP contribution in [0.5, 0.6) is 0 Å². The average Bonchev–Trinajstić information content (AvgIpc) is 2.74. The van der Waals surface area contributed by atoms with Gasteiger partial charge in [0.25, 0.3) is 0 Å². The third-order valence-corrected chi connectivity index (χ3v) is 3.01. The van der Waals surface area contributed by atoms with Gasteiger partial charge in [-0.15, -0.1) is 0 Å². The Kier molecular flexibility index (Phi) is 3.79. The van der Waals surface area contributed by atoms with Crippen molar-refractivity contribution in [1.82, 2.24) is 20.2 Å². The SMILES string of the molecule is Cc1cnc(N(C)CCN2CCNCC2)[nH]1. The summed E-state index contributed by atoms with van der Waals surface area (Å²) < 4.78 is 0. The van der Waals surface area contributed by atoms with Gasteiger partial charge in [-0.2, -0.15) is 0 Å². The standard InChI is InChI=1S/C11H21N5/c1-10-9-13-11(14-10)15(2)7-8-16-5-3-12-4-6-16/h9,12H,3-8H2,1-2H3,(H,13,14). The van der Waals surface area contributed by atoms with E-state index in [4.69, 9.17) is 0 Å². The lowest BCUT2D eigenvalue weighted by molar-refractivity contribution is 0.246. The number of nitrogens with zero attached hydrogens (tertiary/aromatic N) is 3. The van der Waals surface area contributed by atoms with Gasteiger partial charge in [-0.3, -0.25) is 4.90 Å². The Bertz CT molecular complexity index is 316. The van der Waals surface area contributed by atoms with Gasteiger partial charge in [0.1, 0.15) is 0 Å². The van der Waals surface area contributed by atoms with Crippen molar-refractivity contribution in [3.8, 4) is 0 Å². The minimum Gasteiger partial charge on any atom is -0.344 e. The second-order valence-electron chi connectivity index (χ2n) is 4.40. The molecular formula is C11H21N5. The Balaban J connectivity index is 1.76. The van der Waals surface area contributed by atoms with Crippen LogP contribution in [0.1, 0.15) is 5.69 Å². The molecule has 90 valence electrons. The van der Waals surface area contributed by atoms with Crippen LogP contribution < -0.4 is 10.2 Å². The fourth-order valence-electron chi connectivity index (χ4n) is 1.92. The van der Waals surface area contributed by atoms with Gasteiger partial charge in [0.2, 0.25) is 5.95 Å². The molecule has 5 nitrogen and oxygen atoms in total. The molecule has 2 rings (SSSR count). The maximum atomic E-state index is 4.32. The summed E-state index contributed by atoms with van der Waals surface area (Å²) in [7, 11) is 2.08. The van der Waals surface area contributed by atoms with Gasteiger partial charge in [-0.25, -0.2) is 4.98 Å². The summed E-state index contributed by atoms with van der Waals surface area (Å²) in [5, 5.41) is 3.36. The normalized spacial score (nSPS) is 17.6. The molecule has 16 heavy (non-hydrogen) atoms. The fourth-order valence-corrected chi connectivity index (χ4v) is 1.92. The zero-order chi connectivity index (χ0) is 11.4. The van der Waals surface area contributed by atoms with Crippen molar-refractivity contribution in [2.45, 2.75) is 6.92 Å². The molecule has 2 N–H and O–H groups in total. The molecule has 1 aromatic rings. The Morgan fingerprint density at radius 3 is 2.81 bits per heavy atom. The number of hydrogen-bond acceptors (Lipinski definition) is 4. The fraction of sp³-hybridized carbons (Fsp3) is 0.727. The van der Waals surface area contributed by atoms with E-state index in [1.165, 1.54) is 0 Å².